The fourth-order valence-electron chi connectivity index (χ4n) is 2.88. The number of rotatable bonds is 0. The van der Waals surface area contributed by atoms with Crippen LogP contribution in [0, 0.1) is 0 Å². The third-order valence-corrected chi connectivity index (χ3v) is 30.7. The van der Waals surface area contributed by atoms with Crippen LogP contribution in [0.25, 0.3) is 0 Å². The van der Waals surface area contributed by atoms with Gasteiger partial charge in [0.1, 0.15) is 0 Å². The lowest BCUT2D eigenvalue weighted by Crippen LogP contribution is -2.96. The first-order valence-corrected chi connectivity index (χ1v) is 21.6. The Hall–Kier alpha value is 0.935. The van der Waals surface area contributed by atoms with Crippen LogP contribution in [0.3, 0.4) is 0 Å². The molecule has 0 aromatic rings. The lowest BCUT2D eigenvalue weighted by Gasteiger charge is -2.56. The highest BCUT2D eigenvalue weighted by Crippen LogP contribution is 2.39. The lowest BCUT2D eigenvalue weighted by atomic mass is 13.9. The van der Waals surface area contributed by atoms with E-state index in [4.69, 9.17) is 92.6 Å². The van der Waals surface area contributed by atoms with E-state index in [1.54, 1.807) is 0 Å². The Morgan fingerprint density at radius 1 is 0.214 bits per heavy atom. The zero-order valence-electron chi connectivity index (χ0n) is 13.5. The first-order chi connectivity index (χ1) is 12.5. The van der Waals surface area contributed by atoms with E-state index in [9.17, 15) is 0 Å². The lowest BCUT2D eigenvalue weighted by molar-refractivity contribution is -0.0287. The van der Waals surface area contributed by atoms with Crippen molar-refractivity contribution in [2.45, 2.75) is 0 Å². The number of nitrogens with two attached hydrogens (primary N) is 8. The quantitative estimate of drug-likeness (QED) is 0.131. The van der Waals surface area contributed by atoms with Gasteiger partial charge in [-0.1, -0.05) is 0 Å². The van der Waals surface area contributed by atoms with Crippen LogP contribution in [0.5, 0.6) is 0 Å². The molecule has 6 aliphatic rings. The van der Waals surface area contributed by atoms with Gasteiger partial charge in [0.2, 0.25) is 0 Å². The van der Waals surface area contributed by atoms with E-state index in [0.717, 1.165) is 0 Å². The topological polar surface area (TPSA) is 319 Å². The van der Waals surface area contributed by atoms with E-state index < -0.39 is 71.7 Å². The SMILES string of the molecule is N[Si]12O[Si]3(N)O[Si]4(N)O[Si](N)(O1)O[Si]1(N)O[Si](N)(O2)O[Si](N)(O3)O[Si](N)(O4)O1. The third-order valence-electron chi connectivity index (χ3n) is 3.41. The second-order valence-corrected chi connectivity index (χ2v) is 25.5. The summed E-state index contributed by atoms with van der Waals surface area (Å²) in [4.78, 5) is 0. The summed E-state index contributed by atoms with van der Waals surface area (Å²) in [6.07, 6.45) is 0. The molecule has 0 saturated carbocycles. The summed E-state index contributed by atoms with van der Waals surface area (Å²) < 4.78 is 66.6. The second-order valence-electron chi connectivity index (χ2n) is 6.05. The molecule has 6 aliphatic heterocycles. The van der Waals surface area contributed by atoms with Crippen molar-refractivity contribution in [2.24, 2.45) is 43.2 Å². The van der Waals surface area contributed by atoms with E-state index >= 15 is 0 Å². The highest BCUT2D eigenvalue weighted by Gasteiger charge is 2.82. The Bertz CT molecular complexity index is 489. The van der Waals surface area contributed by atoms with Crippen molar-refractivity contribution in [3.8, 4) is 0 Å². The molecule has 6 saturated heterocycles. The predicted molar refractivity (Wildman–Crippen MR) is 92.6 cm³/mol. The monoisotopic (exact) mass is 544 g/mol. The molecule has 160 valence electrons. The largest absolute Gasteiger partial charge is 0.574 e. The molecule has 6 rings (SSSR count). The molecule has 0 spiro atoms. The molecule has 0 unspecified atom stereocenters. The first-order valence-electron chi connectivity index (χ1n) is 7.21. The molecule has 20 nitrogen and oxygen atoms in total. The van der Waals surface area contributed by atoms with Crippen LogP contribution in [0.1, 0.15) is 0 Å². The average molecular weight is 545 g/mol. The molecular formula is H16N8O12Si8. The van der Waals surface area contributed by atoms with Crippen LogP contribution in [-0.4, -0.2) is 71.7 Å². The maximum atomic E-state index is 6.09. The van der Waals surface area contributed by atoms with Crippen LogP contribution in [0.4, 0.5) is 0 Å². The van der Waals surface area contributed by atoms with Gasteiger partial charge in [-0.05, 0) is 0 Å². The summed E-state index contributed by atoms with van der Waals surface area (Å²) in [5.74, 6) is 0. The standard InChI is InChI=1S/H16N8O12Si8/c1-21-9-22(2)12-25(5)14-23(3,10-21)16-27(7)17-24(4,11-21)15-26(6,13-22)19-28(8,18-25)20-27/h1-8H2. The van der Waals surface area contributed by atoms with Gasteiger partial charge in [-0.2, -0.15) is 0 Å². The van der Waals surface area contributed by atoms with Crippen molar-refractivity contribution in [3.05, 3.63) is 0 Å². The van der Waals surface area contributed by atoms with Gasteiger partial charge in [0.25, 0.3) is 0 Å². The average Bonchev–Trinajstić information content (AvgIpc) is 2.22. The zero-order valence-corrected chi connectivity index (χ0v) is 21.5. The molecular weight excluding hydrogens is 529 g/mol. The van der Waals surface area contributed by atoms with Crippen LogP contribution >= 0.6 is 0 Å². The molecule has 6 heterocycles. The van der Waals surface area contributed by atoms with Gasteiger partial charge in [0.15, 0.2) is 0 Å². The van der Waals surface area contributed by atoms with E-state index in [-0.39, 0.29) is 0 Å². The molecule has 0 atom stereocenters. The van der Waals surface area contributed by atoms with Crippen LogP contribution in [-0.2, 0) is 49.4 Å². The Morgan fingerprint density at radius 3 is 0.357 bits per heavy atom. The molecule has 0 radical (unpaired) electrons. The van der Waals surface area contributed by atoms with Gasteiger partial charge in [-0.25, -0.2) is 0 Å². The fraction of sp³-hybridized carbons (Fsp3) is 0. The van der Waals surface area contributed by atoms with Gasteiger partial charge >= 0.3 is 71.7 Å². The van der Waals surface area contributed by atoms with Crippen LogP contribution in [0.15, 0.2) is 0 Å². The highest BCUT2D eigenvalue weighted by molar-refractivity contribution is 7.00. The minimum absolute atomic E-state index is 4.47. The van der Waals surface area contributed by atoms with E-state index in [1.165, 1.54) is 0 Å². The number of hydrogen-bond donors (Lipinski definition) is 8. The molecule has 0 amide bonds. The van der Waals surface area contributed by atoms with E-state index in [0.29, 0.717) is 0 Å². The third kappa shape index (κ3) is 3.41. The maximum Gasteiger partial charge on any atom is 0.574 e. The minimum atomic E-state index is -4.47. The summed E-state index contributed by atoms with van der Waals surface area (Å²) in [5, 5.41) is 48.7. The van der Waals surface area contributed by atoms with Crippen molar-refractivity contribution >= 4 is 71.7 Å². The van der Waals surface area contributed by atoms with Crippen molar-refractivity contribution < 1.29 is 49.4 Å². The van der Waals surface area contributed by atoms with Crippen LogP contribution < -0.4 is 43.2 Å². The summed E-state index contributed by atoms with van der Waals surface area (Å²) in [6, 6.07) is 0. The molecule has 28 heavy (non-hydrogen) atoms. The van der Waals surface area contributed by atoms with E-state index in [1.807, 2.05) is 0 Å². The van der Waals surface area contributed by atoms with Crippen molar-refractivity contribution in [1.29, 1.82) is 0 Å². The summed E-state index contributed by atoms with van der Waals surface area (Å²) in [7, 11) is -35.8. The Morgan fingerprint density at radius 2 is 0.286 bits per heavy atom. The van der Waals surface area contributed by atoms with Gasteiger partial charge in [0, 0.05) is 0 Å². The molecule has 0 aromatic heterocycles. The minimum Gasteiger partial charge on any atom is -0.348 e. The van der Waals surface area contributed by atoms with Gasteiger partial charge < -0.3 is 49.4 Å². The summed E-state index contributed by atoms with van der Waals surface area (Å²) in [6.45, 7) is 0. The summed E-state index contributed by atoms with van der Waals surface area (Å²) in [5.41, 5.74) is 0. The molecule has 6 fully saturated rings. The van der Waals surface area contributed by atoms with Gasteiger partial charge in [-0.15, -0.1) is 0 Å². The highest BCUT2D eigenvalue weighted by atomic mass is 28.6. The Kier molecular flexibility index (Phi) is 4.06. The number of hydrogen-bond acceptors (Lipinski definition) is 20. The normalized spacial score (nSPS) is 66.0. The molecule has 8 bridgehead atoms. The van der Waals surface area contributed by atoms with Crippen LogP contribution in [0.2, 0.25) is 0 Å². The fourth-order valence-corrected chi connectivity index (χ4v) is 34.9. The molecule has 28 heteroatoms. The smallest absolute Gasteiger partial charge is 0.348 e. The predicted octanol–water partition coefficient (Wildman–Crippen LogP) is -8.59. The van der Waals surface area contributed by atoms with Crippen molar-refractivity contribution in [3.63, 3.8) is 0 Å². The summed E-state index contributed by atoms with van der Waals surface area (Å²) >= 11 is 0. The molecule has 16 N–H and O–H groups in total. The van der Waals surface area contributed by atoms with E-state index in [2.05, 4.69) is 0 Å². The molecule has 0 aliphatic carbocycles. The second kappa shape index (κ2) is 5.46. The first kappa shape index (κ1) is 20.8. The van der Waals surface area contributed by atoms with Gasteiger partial charge in [-0.3, -0.25) is 43.2 Å². The Labute approximate surface area is 164 Å². The van der Waals surface area contributed by atoms with Gasteiger partial charge in [0.05, 0.1) is 0 Å². The van der Waals surface area contributed by atoms with Crippen molar-refractivity contribution in [1.82, 2.24) is 0 Å². The molecule has 0 aromatic carbocycles. The Balaban J connectivity index is 1.79. The zero-order chi connectivity index (χ0) is 20.5. The van der Waals surface area contributed by atoms with Crippen molar-refractivity contribution in [2.75, 3.05) is 0 Å². The maximum absolute atomic E-state index is 6.09.